The van der Waals surface area contributed by atoms with Crippen LogP contribution in [0.2, 0.25) is 0 Å². The number of nitro groups is 1. The summed E-state index contributed by atoms with van der Waals surface area (Å²) in [7, 11) is 0. The largest absolute Gasteiger partial charge is 0.489 e. The van der Waals surface area contributed by atoms with Crippen molar-refractivity contribution >= 4 is 40.4 Å². The molecule has 0 fully saturated rings. The number of fused-ring (bicyclic) bond motifs is 1. The highest BCUT2D eigenvalue weighted by Crippen LogP contribution is 2.33. The zero-order valence-electron chi connectivity index (χ0n) is 21.0. The quantitative estimate of drug-likeness (QED) is 0.180. The van der Waals surface area contributed by atoms with E-state index in [0.29, 0.717) is 26.4 Å². The van der Waals surface area contributed by atoms with Gasteiger partial charge in [0.2, 0.25) is 0 Å². The van der Waals surface area contributed by atoms with E-state index in [1.165, 1.54) is 34.8 Å². The fraction of sp³-hybridized carbons (Fsp3) is 0.179. The van der Waals surface area contributed by atoms with Crippen LogP contribution >= 0.6 is 22.7 Å². The molecule has 0 saturated heterocycles. The molecule has 0 spiro atoms. The predicted molar refractivity (Wildman–Crippen MR) is 149 cm³/mol. The van der Waals surface area contributed by atoms with Crippen molar-refractivity contribution in [1.82, 2.24) is 4.57 Å². The molecule has 9 nitrogen and oxygen atoms in total. The third-order valence-electron chi connectivity index (χ3n) is 6.06. The Morgan fingerprint density at radius 2 is 1.90 bits per heavy atom. The molecule has 0 unspecified atom stereocenters. The number of nitrogens with zero attached hydrogens (tertiary/aromatic N) is 3. The maximum absolute atomic E-state index is 13.6. The summed E-state index contributed by atoms with van der Waals surface area (Å²) in [5, 5.41) is 12.7. The second-order valence-corrected chi connectivity index (χ2v) is 10.6. The van der Waals surface area contributed by atoms with Crippen molar-refractivity contribution in [2.45, 2.75) is 26.5 Å². The van der Waals surface area contributed by atoms with Crippen molar-refractivity contribution in [2.24, 2.45) is 4.99 Å². The molecule has 1 aliphatic heterocycles. The summed E-state index contributed by atoms with van der Waals surface area (Å²) >= 11 is 2.74. The first kappa shape index (κ1) is 26.3. The minimum atomic E-state index is -0.599. The summed E-state index contributed by atoms with van der Waals surface area (Å²) < 4.78 is 13.2. The molecule has 0 saturated carbocycles. The second kappa shape index (κ2) is 11.2. The fourth-order valence-corrected chi connectivity index (χ4v) is 6.07. The molecule has 2 aromatic carbocycles. The SMILES string of the molecule is CCOC(=O)C1=C(C)N=c2s/c(=C/c3ccc(OCc4ccc([N+](=O)[O-])cc4)cc3)c(=O)n2[C@H]1c1cccs1. The maximum Gasteiger partial charge on any atom is 0.338 e. The lowest BCUT2D eigenvalue weighted by atomic mass is 10.0. The van der Waals surface area contributed by atoms with Gasteiger partial charge >= 0.3 is 5.97 Å². The van der Waals surface area contributed by atoms with Crippen LogP contribution in [-0.2, 0) is 16.1 Å². The number of rotatable bonds is 8. The van der Waals surface area contributed by atoms with Gasteiger partial charge in [0.1, 0.15) is 18.4 Å². The lowest BCUT2D eigenvalue weighted by Gasteiger charge is -2.23. The van der Waals surface area contributed by atoms with Crippen molar-refractivity contribution in [3.05, 3.63) is 123 Å². The molecule has 198 valence electrons. The summed E-state index contributed by atoms with van der Waals surface area (Å²) in [4.78, 5) is 42.8. The number of non-ortho nitro benzene ring substituents is 1. The van der Waals surface area contributed by atoms with E-state index >= 15 is 0 Å². The van der Waals surface area contributed by atoms with Crippen molar-refractivity contribution in [2.75, 3.05) is 6.61 Å². The first-order valence-electron chi connectivity index (χ1n) is 12.0. The molecule has 3 heterocycles. The minimum Gasteiger partial charge on any atom is -0.489 e. The van der Waals surface area contributed by atoms with Gasteiger partial charge in [-0.1, -0.05) is 29.5 Å². The molecular weight excluding hydrogens is 538 g/mol. The van der Waals surface area contributed by atoms with Gasteiger partial charge in [0.25, 0.3) is 11.2 Å². The van der Waals surface area contributed by atoms with Crippen molar-refractivity contribution in [3.8, 4) is 5.75 Å². The standard InChI is InChI=1S/C28H23N3O6S2/c1-3-36-27(33)24-17(2)29-28-30(25(24)22-5-4-14-38-22)26(32)23(39-28)15-18-8-12-21(13-9-18)37-16-19-6-10-20(11-7-19)31(34)35/h4-15,25H,3,16H2,1-2H3/b23-15+/t25-/m0/s1. The zero-order valence-corrected chi connectivity index (χ0v) is 22.7. The summed E-state index contributed by atoms with van der Waals surface area (Å²) in [5.74, 6) is 0.148. The van der Waals surface area contributed by atoms with Crippen molar-refractivity contribution < 1.29 is 19.2 Å². The van der Waals surface area contributed by atoms with E-state index in [2.05, 4.69) is 4.99 Å². The Balaban J connectivity index is 1.42. The summed E-state index contributed by atoms with van der Waals surface area (Å²) in [6.45, 7) is 4.00. The molecular formula is C28H23N3O6S2. The third-order valence-corrected chi connectivity index (χ3v) is 7.97. The number of esters is 1. The van der Waals surface area contributed by atoms with Gasteiger partial charge in [-0.2, -0.15) is 0 Å². The molecule has 1 atom stereocenters. The van der Waals surface area contributed by atoms with Crippen LogP contribution in [0.25, 0.3) is 6.08 Å². The first-order valence-corrected chi connectivity index (χ1v) is 13.7. The lowest BCUT2D eigenvalue weighted by Crippen LogP contribution is -2.39. The Bertz CT molecular complexity index is 1730. The van der Waals surface area contributed by atoms with Gasteiger partial charge in [0.15, 0.2) is 4.80 Å². The molecule has 1 aliphatic rings. The Kier molecular flexibility index (Phi) is 7.53. The molecule has 4 aromatic rings. The number of ether oxygens (including phenoxy) is 2. The molecule has 39 heavy (non-hydrogen) atoms. The molecule has 0 N–H and O–H groups in total. The van der Waals surface area contributed by atoms with Gasteiger partial charge in [-0.15, -0.1) is 11.3 Å². The number of carbonyl (C=O) groups is 1. The summed E-state index contributed by atoms with van der Waals surface area (Å²) in [6.07, 6.45) is 1.79. The van der Waals surface area contributed by atoms with Crippen LogP contribution in [0.1, 0.15) is 35.9 Å². The normalized spacial score (nSPS) is 15.0. The minimum absolute atomic E-state index is 0.0300. The number of thiophene rings is 1. The topological polar surface area (TPSA) is 113 Å². The fourth-order valence-electron chi connectivity index (χ4n) is 4.20. The number of benzene rings is 2. The van der Waals surface area contributed by atoms with Crippen LogP contribution in [-0.4, -0.2) is 22.1 Å². The molecule has 5 rings (SSSR count). The number of hydrogen-bond donors (Lipinski definition) is 0. The molecule has 0 aliphatic carbocycles. The number of aromatic nitrogens is 1. The highest BCUT2D eigenvalue weighted by Gasteiger charge is 2.33. The second-order valence-electron chi connectivity index (χ2n) is 8.60. The van der Waals surface area contributed by atoms with Gasteiger partial charge in [-0.3, -0.25) is 19.5 Å². The number of thiazole rings is 1. The Hall–Kier alpha value is -4.35. The Morgan fingerprint density at radius 1 is 1.15 bits per heavy atom. The van der Waals surface area contributed by atoms with E-state index in [-0.39, 0.29) is 24.5 Å². The molecule has 0 amide bonds. The first-order chi connectivity index (χ1) is 18.9. The van der Waals surface area contributed by atoms with Gasteiger partial charge in [-0.25, -0.2) is 9.79 Å². The molecule has 0 bridgehead atoms. The van der Waals surface area contributed by atoms with Gasteiger partial charge in [0.05, 0.1) is 27.3 Å². The van der Waals surface area contributed by atoms with E-state index in [1.54, 1.807) is 48.8 Å². The number of carbonyl (C=O) groups excluding carboxylic acids is 1. The van der Waals surface area contributed by atoms with Gasteiger partial charge in [-0.05, 0) is 66.8 Å². The van der Waals surface area contributed by atoms with Crippen molar-refractivity contribution in [1.29, 1.82) is 0 Å². The van der Waals surface area contributed by atoms with E-state index in [4.69, 9.17) is 9.47 Å². The average molecular weight is 562 g/mol. The summed E-state index contributed by atoms with van der Waals surface area (Å²) in [6, 6.07) is 16.7. The monoisotopic (exact) mass is 561 g/mol. The van der Waals surface area contributed by atoms with E-state index in [0.717, 1.165) is 16.0 Å². The predicted octanol–water partition coefficient (Wildman–Crippen LogP) is 4.35. The van der Waals surface area contributed by atoms with Crippen LogP contribution in [0.15, 0.2) is 87.1 Å². The van der Waals surface area contributed by atoms with Crippen LogP contribution in [0.5, 0.6) is 5.75 Å². The van der Waals surface area contributed by atoms with E-state index < -0.39 is 16.9 Å². The van der Waals surface area contributed by atoms with Crippen LogP contribution in [0, 0.1) is 10.1 Å². The van der Waals surface area contributed by atoms with Gasteiger partial charge in [0, 0.05) is 17.0 Å². The molecule has 2 aromatic heterocycles. The smallest absolute Gasteiger partial charge is 0.338 e. The highest BCUT2D eigenvalue weighted by molar-refractivity contribution is 7.10. The Labute approximate surface area is 230 Å². The Morgan fingerprint density at radius 3 is 2.54 bits per heavy atom. The maximum atomic E-state index is 13.6. The van der Waals surface area contributed by atoms with E-state index in [1.807, 2.05) is 29.6 Å². The number of hydrogen-bond acceptors (Lipinski definition) is 9. The van der Waals surface area contributed by atoms with Crippen LogP contribution in [0.3, 0.4) is 0 Å². The van der Waals surface area contributed by atoms with Gasteiger partial charge < -0.3 is 9.47 Å². The average Bonchev–Trinajstić information content (AvgIpc) is 3.56. The van der Waals surface area contributed by atoms with Crippen LogP contribution < -0.4 is 19.6 Å². The highest BCUT2D eigenvalue weighted by atomic mass is 32.1. The summed E-state index contributed by atoms with van der Waals surface area (Å²) in [5.41, 5.74) is 2.31. The third kappa shape index (κ3) is 5.45. The molecule has 0 radical (unpaired) electrons. The number of allylic oxidation sites excluding steroid dienone is 1. The van der Waals surface area contributed by atoms with Crippen molar-refractivity contribution in [3.63, 3.8) is 0 Å². The van der Waals surface area contributed by atoms with Crippen LogP contribution in [0.4, 0.5) is 5.69 Å². The molecule has 11 heteroatoms. The zero-order chi connectivity index (χ0) is 27.5. The lowest BCUT2D eigenvalue weighted by molar-refractivity contribution is -0.384. The number of nitro benzene ring substituents is 1. The van der Waals surface area contributed by atoms with E-state index in [9.17, 15) is 19.7 Å².